The molecule has 9 heteroatoms. The van der Waals surface area contributed by atoms with E-state index in [4.69, 9.17) is 44.3 Å². The van der Waals surface area contributed by atoms with E-state index in [1.165, 1.54) is 49.5 Å². The zero-order chi connectivity index (χ0) is 25.4. The summed E-state index contributed by atoms with van der Waals surface area (Å²) in [4.78, 5) is 28.0. The summed E-state index contributed by atoms with van der Waals surface area (Å²) in [6.07, 6.45) is 0. The van der Waals surface area contributed by atoms with Crippen molar-refractivity contribution in [1.82, 2.24) is 0 Å². The smallest absolute Gasteiger partial charge is 0.300 e. The molecule has 3 aromatic rings. The van der Waals surface area contributed by atoms with E-state index in [1.807, 2.05) is 19.1 Å². The van der Waals surface area contributed by atoms with Gasteiger partial charge in [-0.1, -0.05) is 59.1 Å². The van der Waals surface area contributed by atoms with Crippen LogP contribution in [0.25, 0.3) is 5.76 Å². The Labute approximate surface area is 217 Å². The fourth-order valence-corrected chi connectivity index (χ4v) is 4.91. The maximum absolute atomic E-state index is 13.4. The Morgan fingerprint density at radius 2 is 1.54 bits per heavy atom. The number of halogens is 3. The molecule has 0 spiro atoms. The lowest BCUT2D eigenvalue weighted by Gasteiger charge is -2.27. The van der Waals surface area contributed by atoms with Crippen molar-refractivity contribution >= 4 is 57.9 Å². The van der Waals surface area contributed by atoms with Crippen LogP contribution < -0.4 is 14.4 Å². The molecule has 6 nitrogen and oxygen atoms in total. The number of nitrogens with zero attached hydrogens (tertiary/aromatic N) is 1. The third kappa shape index (κ3) is 4.45. The first-order chi connectivity index (χ1) is 16.7. The van der Waals surface area contributed by atoms with Crippen molar-refractivity contribution in [1.29, 1.82) is 0 Å². The van der Waals surface area contributed by atoms with E-state index >= 15 is 0 Å². The topological polar surface area (TPSA) is 76.1 Å². The minimum Gasteiger partial charge on any atom is -0.507 e. The number of aliphatic hydroxyl groups excluding tert-OH is 1. The van der Waals surface area contributed by atoms with Crippen LogP contribution in [0.15, 0.2) is 60.2 Å². The molecule has 1 amide bonds. The van der Waals surface area contributed by atoms with Crippen molar-refractivity contribution in [2.45, 2.75) is 13.0 Å². The van der Waals surface area contributed by atoms with E-state index in [1.54, 1.807) is 12.1 Å². The van der Waals surface area contributed by atoms with Crippen LogP contribution in [0.1, 0.15) is 22.7 Å². The van der Waals surface area contributed by atoms with E-state index in [0.29, 0.717) is 27.0 Å². The largest absolute Gasteiger partial charge is 0.507 e. The van der Waals surface area contributed by atoms with Gasteiger partial charge in [0.15, 0.2) is 0 Å². The highest BCUT2D eigenvalue weighted by Crippen LogP contribution is 2.46. The maximum atomic E-state index is 13.4. The molecule has 0 aliphatic carbocycles. The molecule has 0 saturated carbocycles. The summed E-state index contributed by atoms with van der Waals surface area (Å²) in [6, 6.07) is 13.8. The van der Waals surface area contributed by atoms with Crippen LogP contribution in [0.4, 0.5) is 5.69 Å². The lowest BCUT2D eigenvalue weighted by atomic mass is 9.92. The van der Waals surface area contributed by atoms with Crippen LogP contribution in [0.3, 0.4) is 0 Å². The summed E-state index contributed by atoms with van der Waals surface area (Å²) in [7, 11) is 2.85. The van der Waals surface area contributed by atoms with Crippen molar-refractivity contribution in [2.24, 2.45) is 0 Å². The van der Waals surface area contributed by atoms with Crippen LogP contribution in [0, 0.1) is 6.92 Å². The average molecular weight is 533 g/mol. The van der Waals surface area contributed by atoms with E-state index < -0.39 is 23.5 Å². The zero-order valence-corrected chi connectivity index (χ0v) is 21.2. The Balaban J connectivity index is 2.03. The Morgan fingerprint density at radius 3 is 2.14 bits per heavy atom. The molecule has 1 saturated heterocycles. The number of ketones is 1. The summed E-state index contributed by atoms with van der Waals surface area (Å²) in [6.45, 7) is 1.85. The number of methoxy groups -OCH3 is 2. The molecule has 35 heavy (non-hydrogen) atoms. The second kappa shape index (κ2) is 9.82. The molecule has 1 N–H and O–H groups in total. The summed E-state index contributed by atoms with van der Waals surface area (Å²) >= 11 is 18.7. The van der Waals surface area contributed by atoms with Crippen molar-refractivity contribution in [2.75, 3.05) is 19.1 Å². The van der Waals surface area contributed by atoms with Crippen LogP contribution in [-0.4, -0.2) is 31.0 Å². The van der Waals surface area contributed by atoms with E-state index in [9.17, 15) is 14.7 Å². The molecular formula is C26H20Cl3NO5. The molecule has 0 bridgehead atoms. The Hall–Kier alpha value is -3.19. The zero-order valence-electron chi connectivity index (χ0n) is 18.9. The Morgan fingerprint density at radius 1 is 0.914 bits per heavy atom. The molecule has 1 heterocycles. The quantitative estimate of drug-likeness (QED) is 0.228. The number of benzene rings is 3. The van der Waals surface area contributed by atoms with Crippen LogP contribution >= 0.6 is 34.8 Å². The first-order valence-electron chi connectivity index (χ1n) is 10.4. The fraction of sp³-hybridized carbons (Fsp3) is 0.154. The maximum Gasteiger partial charge on any atom is 0.300 e. The molecule has 0 aromatic heterocycles. The molecule has 1 fully saturated rings. The fourth-order valence-electron chi connectivity index (χ4n) is 4.16. The standard InChI is InChI=1S/C26H20Cl3NO5/c1-13-6-4-5-7-17(13)23-22(24(31)18-11-19(29)21(35-3)12-20(18)34-2)25(32)26(33)30(23)16-9-14(27)8-15(28)10-16/h4-12,23,31H,1-3H3/b24-22+. The highest BCUT2D eigenvalue weighted by Gasteiger charge is 2.47. The van der Waals surface area contributed by atoms with Gasteiger partial charge in [0.25, 0.3) is 11.7 Å². The van der Waals surface area contributed by atoms with E-state index in [0.717, 1.165) is 5.56 Å². The molecule has 0 radical (unpaired) electrons. The number of amides is 1. The van der Waals surface area contributed by atoms with Crippen LogP contribution in [-0.2, 0) is 9.59 Å². The molecule has 1 atom stereocenters. The Kier molecular flexibility index (Phi) is 6.99. The molecule has 1 aliphatic heterocycles. The number of hydrogen-bond acceptors (Lipinski definition) is 5. The highest BCUT2D eigenvalue weighted by atomic mass is 35.5. The summed E-state index contributed by atoms with van der Waals surface area (Å²) in [5.74, 6) is -1.61. The lowest BCUT2D eigenvalue weighted by molar-refractivity contribution is -0.132. The number of aliphatic hydroxyl groups is 1. The van der Waals surface area contributed by atoms with Gasteiger partial charge in [0.2, 0.25) is 0 Å². The van der Waals surface area contributed by atoms with Gasteiger partial charge in [0, 0.05) is 21.8 Å². The SMILES string of the molecule is COc1cc(OC)c(/C(O)=C2\C(=O)C(=O)N(c3cc(Cl)cc(Cl)c3)C2c2ccccc2C)cc1Cl. The van der Waals surface area contributed by atoms with Gasteiger partial charge in [-0.25, -0.2) is 0 Å². The number of ether oxygens (including phenoxy) is 2. The predicted octanol–water partition coefficient (Wildman–Crippen LogP) is 6.60. The van der Waals surface area contributed by atoms with Crippen molar-refractivity contribution in [3.05, 3.63) is 91.9 Å². The van der Waals surface area contributed by atoms with Gasteiger partial charge in [-0.2, -0.15) is 0 Å². The van der Waals surface area contributed by atoms with Crippen molar-refractivity contribution < 1.29 is 24.2 Å². The number of hydrogen-bond donors (Lipinski definition) is 1. The van der Waals surface area contributed by atoms with E-state index in [2.05, 4.69) is 0 Å². The monoisotopic (exact) mass is 531 g/mol. The molecule has 1 aliphatic rings. The summed E-state index contributed by atoms with van der Waals surface area (Å²) in [5.41, 5.74) is 1.78. The average Bonchev–Trinajstić information content (AvgIpc) is 3.08. The molecular weight excluding hydrogens is 513 g/mol. The minimum absolute atomic E-state index is 0.125. The summed E-state index contributed by atoms with van der Waals surface area (Å²) in [5, 5.41) is 12.2. The highest BCUT2D eigenvalue weighted by molar-refractivity contribution is 6.52. The number of anilines is 1. The number of carbonyl (C=O) groups excluding carboxylic acids is 2. The molecule has 1 unspecified atom stereocenters. The van der Waals surface area contributed by atoms with E-state index in [-0.39, 0.29) is 21.9 Å². The van der Waals surface area contributed by atoms with Gasteiger partial charge in [0.1, 0.15) is 17.3 Å². The molecule has 180 valence electrons. The number of carbonyl (C=O) groups is 2. The van der Waals surface area contributed by atoms with Gasteiger partial charge in [0.05, 0.1) is 36.4 Å². The first-order valence-corrected chi connectivity index (χ1v) is 11.6. The van der Waals surface area contributed by atoms with Crippen LogP contribution in [0.2, 0.25) is 15.1 Å². The molecule has 3 aromatic carbocycles. The molecule has 4 rings (SSSR count). The van der Waals surface area contributed by atoms with Gasteiger partial charge in [-0.05, 0) is 42.3 Å². The van der Waals surface area contributed by atoms with Crippen molar-refractivity contribution in [3.8, 4) is 11.5 Å². The number of aryl methyl sites for hydroxylation is 1. The third-order valence-electron chi connectivity index (χ3n) is 5.78. The van der Waals surface area contributed by atoms with Crippen LogP contribution in [0.5, 0.6) is 11.5 Å². The van der Waals surface area contributed by atoms with Gasteiger partial charge in [-0.15, -0.1) is 0 Å². The first kappa shape index (κ1) is 24.9. The number of rotatable bonds is 5. The lowest BCUT2D eigenvalue weighted by Crippen LogP contribution is -2.29. The predicted molar refractivity (Wildman–Crippen MR) is 137 cm³/mol. The number of Topliss-reactive ketones (excluding diaryl/α,β-unsaturated/α-hetero) is 1. The normalized spacial score (nSPS) is 17.1. The second-order valence-corrected chi connectivity index (χ2v) is 9.12. The summed E-state index contributed by atoms with van der Waals surface area (Å²) < 4.78 is 10.6. The van der Waals surface area contributed by atoms with Gasteiger partial charge >= 0.3 is 0 Å². The second-order valence-electron chi connectivity index (χ2n) is 7.84. The Bertz CT molecular complexity index is 1370. The minimum atomic E-state index is -0.962. The van der Waals surface area contributed by atoms with Gasteiger partial charge < -0.3 is 14.6 Å². The third-order valence-corrected chi connectivity index (χ3v) is 6.51. The van der Waals surface area contributed by atoms with Gasteiger partial charge in [-0.3, -0.25) is 14.5 Å². The van der Waals surface area contributed by atoms with Crippen molar-refractivity contribution in [3.63, 3.8) is 0 Å².